The fourth-order valence-corrected chi connectivity index (χ4v) is 4.23. The third kappa shape index (κ3) is 3.27. The maximum atomic E-state index is 12.5. The normalized spacial score (nSPS) is 33.3. The molecule has 140 valence electrons. The highest BCUT2D eigenvalue weighted by Crippen LogP contribution is 2.58. The van der Waals surface area contributed by atoms with Crippen LogP contribution >= 0.6 is 0 Å². The highest BCUT2D eigenvalue weighted by Gasteiger charge is 2.65. The average molecular weight is 352 g/mol. The van der Waals surface area contributed by atoms with Crippen molar-refractivity contribution >= 4 is 17.9 Å². The molecule has 0 aromatic heterocycles. The minimum atomic E-state index is -0.931. The van der Waals surface area contributed by atoms with Gasteiger partial charge >= 0.3 is 17.9 Å². The quantitative estimate of drug-likeness (QED) is 0.540. The lowest BCUT2D eigenvalue weighted by Crippen LogP contribution is -2.40. The summed E-state index contributed by atoms with van der Waals surface area (Å²) in [5.74, 6) is -0.785. The molecule has 6 nitrogen and oxygen atoms in total. The van der Waals surface area contributed by atoms with Crippen LogP contribution in [0.2, 0.25) is 0 Å². The highest BCUT2D eigenvalue weighted by molar-refractivity contribution is 5.79. The number of carbonyl (C=O) groups excluding carboxylic acids is 3. The second kappa shape index (κ2) is 5.71. The molecule has 2 aliphatic carbocycles. The summed E-state index contributed by atoms with van der Waals surface area (Å²) < 4.78 is 16.7. The van der Waals surface area contributed by atoms with E-state index in [9.17, 15) is 14.4 Å². The molecule has 0 N–H and O–H groups in total. The van der Waals surface area contributed by atoms with E-state index in [2.05, 4.69) is 0 Å². The number of fused-ring (bicyclic) bond motifs is 1. The summed E-state index contributed by atoms with van der Waals surface area (Å²) in [6.07, 6.45) is 2.40. The topological polar surface area (TPSA) is 78.9 Å². The van der Waals surface area contributed by atoms with Crippen LogP contribution in [-0.4, -0.2) is 35.2 Å². The molecule has 6 heteroatoms. The molecule has 2 saturated carbocycles. The van der Waals surface area contributed by atoms with Crippen molar-refractivity contribution in [3.8, 4) is 0 Å². The maximum Gasteiger partial charge on any atom is 0.312 e. The van der Waals surface area contributed by atoms with E-state index in [1.165, 1.54) is 0 Å². The van der Waals surface area contributed by atoms with Gasteiger partial charge in [-0.15, -0.1) is 0 Å². The Morgan fingerprint density at radius 3 is 2.44 bits per heavy atom. The van der Waals surface area contributed by atoms with Crippen molar-refractivity contribution < 1.29 is 28.6 Å². The van der Waals surface area contributed by atoms with Gasteiger partial charge in [0.2, 0.25) is 0 Å². The minimum absolute atomic E-state index is 0.00487. The molecule has 1 heterocycles. The van der Waals surface area contributed by atoms with Gasteiger partial charge in [-0.2, -0.15) is 0 Å². The molecule has 0 aromatic carbocycles. The largest absolute Gasteiger partial charge is 0.462 e. The van der Waals surface area contributed by atoms with Crippen molar-refractivity contribution in [1.29, 1.82) is 0 Å². The Kier molecular flexibility index (Phi) is 4.16. The predicted octanol–water partition coefficient (Wildman–Crippen LogP) is 2.77. The molecule has 25 heavy (non-hydrogen) atoms. The fourth-order valence-electron chi connectivity index (χ4n) is 4.23. The van der Waals surface area contributed by atoms with Crippen molar-refractivity contribution in [2.24, 2.45) is 17.3 Å². The van der Waals surface area contributed by atoms with Crippen molar-refractivity contribution in [3.63, 3.8) is 0 Å². The first-order valence-electron chi connectivity index (χ1n) is 9.13. The number of carbonyl (C=O) groups is 3. The molecule has 3 fully saturated rings. The summed E-state index contributed by atoms with van der Waals surface area (Å²) in [5, 5.41) is 0. The van der Waals surface area contributed by atoms with Gasteiger partial charge in [-0.25, -0.2) is 0 Å². The third-order valence-electron chi connectivity index (χ3n) is 6.04. The summed E-state index contributed by atoms with van der Waals surface area (Å²) in [7, 11) is 0. The first kappa shape index (κ1) is 18.2. The first-order chi connectivity index (χ1) is 11.5. The van der Waals surface area contributed by atoms with Crippen LogP contribution in [0.25, 0.3) is 0 Å². The zero-order valence-electron chi connectivity index (χ0n) is 15.7. The van der Waals surface area contributed by atoms with E-state index in [0.29, 0.717) is 25.7 Å². The van der Waals surface area contributed by atoms with Gasteiger partial charge in [0.1, 0.15) is 17.3 Å². The van der Waals surface area contributed by atoms with Crippen LogP contribution in [0.4, 0.5) is 0 Å². The van der Waals surface area contributed by atoms with Gasteiger partial charge in [0, 0.05) is 18.8 Å². The van der Waals surface area contributed by atoms with E-state index in [1.54, 1.807) is 13.8 Å². The van der Waals surface area contributed by atoms with E-state index in [0.717, 1.165) is 0 Å². The van der Waals surface area contributed by atoms with Crippen LogP contribution in [0.3, 0.4) is 0 Å². The lowest BCUT2D eigenvalue weighted by atomic mass is 9.88. The van der Waals surface area contributed by atoms with Crippen LogP contribution in [0.15, 0.2) is 0 Å². The van der Waals surface area contributed by atoms with E-state index < -0.39 is 16.6 Å². The number of rotatable bonds is 6. The Labute approximate surface area is 148 Å². The average Bonchev–Trinajstić information content (AvgIpc) is 3.04. The zero-order chi connectivity index (χ0) is 18.6. The summed E-state index contributed by atoms with van der Waals surface area (Å²) in [4.78, 5) is 36.5. The Morgan fingerprint density at radius 1 is 1.20 bits per heavy atom. The van der Waals surface area contributed by atoms with Crippen LogP contribution in [0, 0.1) is 17.3 Å². The molecule has 3 aliphatic rings. The van der Waals surface area contributed by atoms with E-state index in [-0.39, 0.29) is 42.3 Å². The second-order valence-corrected chi connectivity index (χ2v) is 9.08. The molecule has 3 rings (SSSR count). The van der Waals surface area contributed by atoms with Crippen LogP contribution in [-0.2, 0) is 28.6 Å². The van der Waals surface area contributed by atoms with Crippen molar-refractivity contribution in [2.45, 2.75) is 84.0 Å². The van der Waals surface area contributed by atoms with E-state index in [4.69, 9.17) is 14.2 Å². The summed E-state index contributed by atoms with van der Waals surface area (Å²) in [5.41, 5.74) is -2.09. The molecule has 0 spiro atoms. The van der Waals surface area contributed by atoms with Crippen LogP contribution in [0.1, 0.15) is 66.7 Å². The number of hydrogen-bond acceptors (Lipinski definition) is 6. The van der Waals surface area contributed by atoms with Gasteiger partial charge in [-0.05, 0) is 40.5 Å². The Hall–Kier alpha value is -1.59. The van der Waals surface area contributed by atoms with Gasteiger partial charge < -0.3 is 14.2 Å². The lowest BCUT2D eigenvalue weighted by Gasteiger charge is -2.32. The summed E-state index contributed by atoms with van der Waals surface area (Å²) in [6.45, 7) is 9.02. The van der Waals surface area contributed by atoms with Crippen molar-refractivity contribution in [2.75, 3.05) is 0 Å². The monoisotopic (exact) mass is 352 g/mol. The molecule has 0 amide bonds. The van der Waals surface area contributed by atoms with E-state index >= 15 is 0 Å². The summed E-state index contributed by atoms with van der Waals surface area (Å²) >= 11 is 0. The molecule has 1 aliphatic heterocycles. The first-order valence-corrected chi connectivity index (χ1v) is 9.13. The maximum absolute atomic E-state index is 12.5. The Balaban J connectivity index is 1.58. The molecule has 0 radical (unpaired) electrons. The summed E-state index contributed by atoms with van der Waals surface area (Å²) in [6, 6.07) is 0. The number of esters is 3. The van der Waals surface area contributed by atoms with Gasteiger partial charge in [0.05, 0.1) is 17.8 Å². The molecular weight excluding hydrogens is 324 g/mol. The Morgan fingerprint density at radius 2 is 1.88 bits per heavy atom. The fraction of sp³-hybridized carbons (Fsp3) is 0.842. The second-order valence-electron chi connectivity index (χ2n) is 9.08. The Bertz CT molecular complexity index is 603. The molecule has 1 saturated heterocycles. The third-order valence-corrected chi connectivity index (χ3v) is 6.04. The molecule has 0 aromatic rings. The molecule has 4 atom stereocenters. The lowest BCUT2D eigenvalue weighted by molar-refractivity contribution is -0.176. The standard InChI is InChI=1S/C19H28O6/c1-6-17(2,3)16(22)25-18(4,5)10-14(20)24-19-7-11-12(8-19)15(21)23-13(11)9-19/h11-13H,6-10H2,1-5H3. The van der Waals surface area contributed by atoms with Crippen molar-refractivity contribution in [3.05, 3.63) is 0 Å². The smallest absolute Gasteiger partial charge is 0.312 e. The van der Waals surface area contributed by atoms with Gasteiger partial charge in [-0.1, -0.05) is 6.92 Å². The van der Waals surface area contributed by atoms with Crippen LogP contribution < -0.4 is 0 Å². The van der Waals surface area contributed by atoms with Crippen LogP contribution in [0.5, 0.6) is 0 Å². The van der Waals surface area contributed by atoms with Gasteiger partial charge in [-0.3, -0.25) is 14.4 Å². The molecule has 2 bridgehead atoms. The van der Waals surface area contributed by atoms with Crippen molar-refractivity contribution in [1.82, 2.24) is 0 Å². The molecule has 4 unspecified atom stereocenters. The van der Waals surface area contributed by atoms with Gasteiger partial charge in [0.25, 0.3) is 0 Å². The van der Waals surface area contributed by atoms with E-state index in [1.807, 2.05) is 20.8 Å². The zero-order valence-corrected chi connectivity index (χ0v) is 15.7. The molecular formula is C19H28O6. The number of hydrogen-bond donors (Lipinski definition) is 0. The van der Waals surface area contributed by atoms with Gasteiger partial charge in [0.15, 0.2) is 0 Å². The SMILES string of the molecule is CCC(C)(C)C(=O)OC(C)(C)CC(=O)OC12CC3OC(=O)C(C1)C3C2. The predicted molar refractivity (Wildman–Crippen MR) is 88.4 cm³/mol. The highest BCUT2D eigenvalue weighted by atomic mass is 16.6. The number of ether oxygens (including phenoxy) is 3. The minimum Gasteiger partial charge on any atom is -0.462 e.